The zero-order valence-electron chi connectivity index (χ0n) is 11.0. The molecule has 0 fully saturated rings. The fourth-order valence-electron chi connectivity index (χ4n) is 1.99. The van der Waals surface area contributed by atoms with Gasteiger partial charge in [-0.15, -0.1) is 0 Å². The minimum atomic E-state index is -0.192. The molecule has 4 nitrogen and oxygen atoms in total. The normalized spacial score (nSPS) is 10.9. The van der Waals surface area contributed by atoms with Crippen molar-refractivity contribution in [2.45, 2.75) is 19.3 Å². The van der Waals surface area contributed by atoms with Crippen molar-refractivity contribution in [3.8, 4) is 11.1 Å². The number of hydrogen-bond acceptors (Lipinski definition) is 5. The predicted octanol–water partition coefficient (Wildman–Crippen LogP) is 3.18. The van der Waals surface area contributed by atoms with E-state index in [1.807, 2.05) is 47.1 Å². The molecule has 0 radical (unpaired) electrons. The first-order valence-corrected chi connectivity index (χ1v) is 7.16. The van der Waals surface area contributed by atoms with Crippen LogP contribution >= 0.6 is 11.3 Å². The van der Waals surface area contributed by atoms with Gasteiger partial charge < -0.3 is 11.0 Å². The first kappa shape index (κ1) is 18.8. The maximum Gasteiger partial charge on any atom is -0.870 e. The Morgan fingerprint density at radius 2 is 1.90 bits per heavy atom. The van der Waals surface area contributed by atoms with E-state index in [1.54, 1.807) is 11.3 Å². The van der Waals surface area contributed by atoms with Gasteiger partial charge in [-0.2, -0.15) is 0 Å². The van der Waals surface area contributed by atoms with Gasteiger partial charge in [0.05, 0.1) is 0 Å². The molecule has 2 aromatic rings. The quantitative estimate of drug-likeness (QED) is 0.812. The molecule has 0 saturated heterocycles. The SMILES string of the molecule is CCC(C(=O)[O][Al+2])c1sccc1-c1ccccc1.[OH-].[OH-]. The molecule has 0 saturated carbocycles. The van der Waals surface area contributed by atoms with E-state index in [2.05, 4.69) is 18.2 Å². The topological polar surface area (TPSA) is 86.3 Å². The third-order valence-corrected chi connectivity index (χ3v) is 4.17. The van der Waals surface area contributed by atoms with Crippen LogP contribution in [0.15, 0.2) is 41.8 Å². The summed E-state index contributed by atoms with van der Waals surface area (Å²) in [5.74, 6) is -0.375. The second-order valence-electron chi connectivity index (χ2n) is 3.96. The Morgan fingerprint density at radius 1 is 1.25 bits per heavy atom. The molecule has 104 valence electrons. The van der Waals surface area contributed by atoms with Gasteiger partial charge in [-0.25, -0.2) is 0 Å². The number of carbonyl (C=O) groups is 1. The summed E-state index contributed by atoms with van der Waals surface area (Å²) >= 11 is 3.65. The van der Waals surface area contributed by atoms with Crippen molar-refractivity contribution in [2.24, 2.45) is 0 Å². The third-order valence-electron chi connectivity index (χ3n) is 2.91. The standard InChI is InChI=1S/C14H14O2S.Al.2H2O/c1-2-11(14(15)16)13-12(8-9-17-13)10-6-4-3-5-7-10;;;/h3-9,11H,2H2,1H3,(H,15,16);;2*1H2/q;+3;;/p-3. The summed E-state index contributed by atoms with van der Waals surface area (Å²) in [4.78, 5) is 12.9. The van der Waals surface area contributed by atoms with Crippen LogP contribution in [0.2, 0.25) is 0 Å². The first-order chi connectivity index (χ1) is 8.77. The van der Waals surface area contributed by atoms with Crippen LogP contribution in [0, 0.1) is 0 Å². The van der Waals surface area contributed by atoms with E-state index in [0.717, 1.165) is 22.4 Å². The van der Waals surface area contributed by atoms with Crippen LogP contribution < -0.4 is 0 Å². The Labute approximate surface area is 130 Å². The largest absolute Gasteiger partial charge is 0.870 e. The summed E-state index contributed by atoms with van der Waals surface area (Å²) in [6.45, 7) is 2.00. The van der Waals surface area contributed by atoms with Crippen molar-refractivity contribution in [2.75, 3.05) is 0 Å². The molecule has 0 aliphatic heterocycles. The summed E-state index contributed by atoms with van der Waals surface area (Å²) < 4.78 is 4.80. The second-order valence-corrected chi connectivity index (χ2v) is 5.15. The predicted molar refractivity (Wildman–Crippen MR) is 78.5 cm³/mol. The van der Waals surface area contributed by atoms with Crippen molar-refractivity contribution in [1.29, 1.82) is 0 Å². The van der Waals surface area contributed by atoms with E-state index in [4.69, 9.17) is 3.79 Å². The smallest absolute Gasteiger partial charge is 0.870 e. The monoisotopic (exact) mass is 306 g/mol. The van der Waals surface area contributed by atoms with Crippen LogP contribution in [0.1, 0.15) is 24.1 Å². The van der Waals surface area contributed by atoms with Crippen LogP contribution in [-0.4, -0.2) is 33.5 Å². The molecule has 1 aromatic carbocycles. The van der Waals surface area contributed by atoms with Crippen LogP contribution in [0.3, 0.4) is 0 Å². The van der Waals surface area contributed by atoms with Crippen molar-refractivity contribution in [1.82, 2.24) is 0 Å². The maximum absolute atomic E-state index is 11.8. The van der Waals surface area contributed by atoms with Gasteiger partial charge in [-0.3, -0.25) is 0 Å². The van der Waals surface area contributed by atoms with E-state index in [1.165, 1.54) is 0 Å². The summed E-state index contributed by atoms with van der Waals surface area (Å²) in [5.41, 5.74) is 2.27. The third kappa shape index (κ3) is 3.92. The van der Waals surface area contributed by atoms with Crippen LogP contribution in [0.25, 0.3) is 11.1 Å². The average molecular weight is 306 g/mol. The Hall–Kier alpha value is -1.16. The molecular weight excluding hydrogens is 291 g/mol. The van der Waals surface area contributed by atoms with Gasteiger partial charge in [0, 0.05) is 0 Å². The molecule has 20 heavy (non-hydrogen) atoms. The van der Waals surface area contributed by atoms with Crippen LogP contribution in [0.4, 0.5) is 0 Å². The van der Waals surface area contributed by atoms with Crippen molar-refractivity contribution in [3.63, 3.8) is 0 Å². The van der Waals surface area contributed by atoms with Gasteiger partial charge in [0.1, 0.15) is 0 Å². The van der Waals surface area contributed by atoms with Gasteiger partial charge in [0.2, 0.25) is 0 Å². The average Bonchev–Trinajstić information content (AvgIpc) is 2.89. The second kappa shape index (κ2) is 8.90. The minimum Gasteiger partial charge on any atom is -0.870 e. The van der Waals surface area contributed by atoms with E-state index >= 15 is 0 Å². The zero-order valence-corrected chi connectivity index (χ0v) is 13.0. The van der Waals surface area contributed by atoms with E-state index in [-0.39, 0.29) is 22.8 Å². The molecular formula is C14H15AlO4S. The number of rotatable bonds is 4. The van der Waals surface area contributed by atoms with Gasteiger partial charge in [-0.05, 0) is 0 Å². The molecule has 0 amide bonds. The minimum absolute atomic E-state index is 0. The fourth-order valence-corrected chi connectivity index (χ4v) is 3.24. The summed E-state index contributed by atoms with van der Waals surface area (Å²) in [6.07, 6.45) is 0.744. The maximum atomic E-state index is 11.8. The molecule has 1 atom stereocenters. The Bertz CT molecular complexity index is 527. The van der Waals surface area contributed by atoms with Crippen LogP contribution in [-0.2, 0) is 8.58 Å². The number of benzene rings is 1. The summed E-state index contributed by atoms with van der Waals surface area (Å²) in [6, 6.07) is 12.2. The molecule has 2 rings (SSSR count). The zero-order chi connectivity index (χ0) is 13.0. The Morgan fingerprint density at radius 3 is 2.45 bits per heavy atom. The van der Waals surface area contributed by atoms with Gasteiger partial charge in [0.25, 0.3) is 0 Å². The Balaban J connectivity index is 0.00000180. The number of hydrogen-bond donors (Lipinski definition) is 0. The van der Waals surface area contributed by atoms with Gasteiger partial charge in [-0.1, -0.05) is 0 Å². The van der Waals surface area contributed by atoms with Gasteiger partial charge in [0.15, 0.2) is 0 Å². The first-order valence-electron chi connectivity index (χ1n) is 5.81. The summed E-state index contributed by atoms with van der Waals surface area (Å²) in [7, 11) is 0. The summed E-state index contributed by atoms with van der Waals surface area (Å²) in [5, 5.41) is 2.02. The molecule has 1 unspecified atom stereocenters. The fraction of sp³-hybridized carbons (Fsp3) is 0.214. The van der Waals surface area contributed by atoms with E-state index in [9.17, 15) is 4.79 Å². The van der Waals surface area contributed by atoms with Crippen molar-refractivity contribution in [3.05, 3.63) is 46.7 Å². The van der Waals surface area contributed by atoms with E-state index < -0.39 is 0 Å². The molecule has 0 aliphatic carbocycles. The molecule has 0 aliphatic rings. The Kier molecular flexibility index (Phi) is 8.39. The molecule has 2 N–H and O–H groups in total. The van der Waals surface area contributed by atoms with E-state index in [0.29, 0.717) is 0 Å². The van der Waals surface area contributed by atoms with Crippen LogP contribution in [0.5, 0.6) is 0 Å². The molecule has 0 bridgehead atoms. The molecule has 1 aromatic heterocycles. The van der Waals surface area contributed by atoms with Gasteiger partial charge >= 0.3 is 120 Å². The van der Waals surface area contributed by atoms with Crippen molar-refractivity contribution < 1.29 is 19.5 Å². The molecule has 6 heteroatoms. The van der Waals surface area contributed by atoms with Crippen molar-refractivity contribution >= 4 is 33.9 Å². The molecule has 1 heterocycles. The number of carbonyl (C=O) groups excluding carboxylic acids is 1. The number of thiophene rings is 1. The molecule has 0 spiro atoms.